The Labute approximate surface area is 134 Å². The molecule has 3 aromatic rings. The maximum Gasteiger partial charge on any atom is 0.257 e. The van der Waals surface area contributed by atoms with E-state index in [2.05, 4.69) is 10.3 Å². The number of aromatic nitrogens is 1. The van der Waals surface area contributed by atoms with Crippen LogP contribution in [0.4, 0.5) is 0 Å². The van der Waals surface area contributed by atoms with Crippen LogP contribution in [-0.2, 0) is 11.2 Å². The molecule has 0 spiro atoms. The van der Waals surface area contributed by atoms with Crippen molar-refractivity contribution in [2.45, 2.75) is 13.3 Å². The number of oxazole rings is 1. The molecule has 0 saturated heterocycles. The summed E-state index contributed by atoms with van der Waals surface area (Å²) in [5.41, 5.74) is 3.70. The molecule has 23 heavy (non-hydrogen) atoms. The Morgan fingerprint density at radius 3 is 3.00 bits per heavy atom. The number of nitrogens with zero attached hydrogens (tertiary/aromatic N) is 1. The van der Waals surface area contributed by atoms with Gasteiger partial charge in [-0.2, -0.15) is 0 Å². The Morgan fingerprint density at radius 1 is 1.26 bits per heavy atom. The van der Waals surface area contributed by atoms with E-state index in [-0.39, 0.29) is 12.5 Å². The van der Waals surface area contributed by atoms with E-state index in [1.54, 1.807) is 0 Å². The molecule has 0 atom stereocenters. The van der Waals surface area contributed by atoms with E-state index in [1.807, 2.05) is 49.4 Å². The van der Waals surface area contributed by atoms with Crippen LogP contribution >= 0.6 is 0 Å². The van der Waals surface area contributed by atoms with Gasteiger partial charge in [0.2, 0.25) is 0 Å². The molecule has 3 rings (SSSR count). The molecule has 0 unspecified atom stereocenters. The van der Waals surface area contributed by atoms with Gasteiger partial charge in [-0.05, 0) is 42.7 Å². The Hall–Kier alpha value is -2.82. The number of fused-ring (bicyclic) bond motifs is 1. The van der Waals surface area contributed by atoms with Crippen molar-refractivity contribution in [3.05, 3.63) is 60.0 Å². The minimum absolute atomic E-state index is 0.0198. The average molecular weight is 310 g/mol. The molecule has 1 heterocycles. The molecule has 1 aromatic heterocycles. The first kappa shape index (κ1) is 15.1. The molecule has 0 radical (unpaired) electrons. The Balaban J connectivity index is 1.44. The van der Waals surface area contributed by atoms with Gasteiger partial charge in [0.05, 0.1) is 0 Å². The first-order chi connectivity index (χ1) is 11.2. The lowest BCUT2D eigenvalue weighted by Gasteiger charge is -2.09. The van der Waals surface area contributed by atoms with Gasteiger partial charge in [0.15, 0.2) is 18.6 Å². The summed E-state index contributed by atoms with van der Waals surface area (Å²) in [6.07, 6.45) is 2.16. The largest absolute Gasteiger partial charge is 0.484 e. The van der Waals surface area contributed by atoms with Crippen LogP contribution in [0.25, 0.3) is 11.1 Å². The van der Waals surface area contributed by atoms with E-state index in [0.29, 0.717) is 6.54 Å². The lowest BCUT2D eigenvalue weighted by atomic mass is 10.1. The summed E-state index contributed by atoms with van der Waals surface area (Å²) in [6.45, 7) is 2.52. The molecule has 5 heteroatoms. The van der Waals surface area contributed by atoms with E-state index >= 15 is 0 Å². The maximum atomic E-state index is 11.8. The number of carbonyl (C=O) groups excluding carboxylic acids is 1. The van der Waals surface area contributed by atoms with E-state index in [0.717, 1.165) is 34.4 Å². The molecule has 0 bridgehead atoms. The standard InChI is InChI=1S/C18H18N2O3/c1-13-4-2-3-5-16(13)22-11-18(21)19-9-8-14-6-7-15-17(10-14)23-12-20-15/h2-7,10,12H,8-9,11H2,1H3,(H,19,21). The van der Waals surface area contributed by atoms with Crippen LogP contribution in [0.15, 0.2) is 53.3 Å². The van der Waals surface area contributed by atoms with Crippen molar-refractivity contribution in [3.63, 3.8) is 0 Å². The number of hydrogen-bond acceptors (Lipinski definition) is 4. The highest BCUT2D eigenvalue weighted by molar-refractivity contribution is 5.77. The minimum Gasteiger partial charge on any atom is -0.484 e. The number of carbonyl (C=O) groups is 1. The minimum atomic E-state index is -0.131. The molecule has 1 N–H and O–H groups in total. The number of nitrogens with one attached hydrogen (secondary N) is 1. The normalized spacial score (nSPS) is 10.7. The fourth-order valence-electron chi connectivity index (χ4n) is 2.31. The van der Waals surface area contributed by atoms with E-state index in [1.165, 1.54) is 6.39 Å². The number of rotatable bonds is 6. The number of benzene rings is 2. The third-order valence-electron chi connectivity index (χ3n) is 3.58. The average Bonchev–Trinajstić information content (AvgIpc) is 3.02. The van der Waals surface area contributed by atoms with Gasteiger partial charge in [-0.1, -0.05) is 24.3 Å². The lowest BCUT2D eigenvalue weighted by molar-refractivity contribution is -0.123. The van der Waals surface area contributed by atoms with Crippen LogP contribution in [0, 0.1) is 6.92 Å². The third kappa shape index (κ3) is 3.88. The maximum absolute atomic E-state index is 11.8. The van der Waals surface area contributed by atoms with Gasteiger partial charge in [0, 0.05) is 6.54 Å². The molecule has 0 aliphatic carbocycles. The molecule has 2 aromatic carbocycles. The topological polar surface area (TPSA) is 64.4 Å². The summed E-state index contributed by atoms with van der Waals surface area (Å²) in [7, 11) is 0. The van der Waals surface area contributed by atoms with E-state index < -0.39 is 0 Å². The van der Waals surface area contributed by atoms with Crippen molar-refractivity contribution in [1.29, 1.82) is 0 Å². The van der Waals surface area contributed by atoms with Crippen LogP contribution < -0.4 is 10.1 Å². The summed E-state index contributed by atoms with van der Waals surface area (Å²) in [5.74, 6) is 0.604. The predicted molar refractivity (Wildman–Crippen MR) is 87.4 cm³/mol. The van der Waals surface area contributed by atoms with Crippen molar-refractivity contribution in [2.75, 3.05) is 13.2 Å². The highest BCUT2D eigenvalue weighted by atomic mass is 16.5. The molecule has 0 saturated carbocycles. The smallest absolute Gasteiger partial charge is 0.257 e. The first-order valence-corrected chi connectivity index (χ1v) is 7.49. The van der Waals surface area contributed by atoms with Crippen molar-refractivity contribution in [1.82, 2.24) is 10.3 Å². The second-order valence-electron chi connectivity index (χ2n) is 5.31. The number of hydrogen-bond donors (Lipinski definition) is 1. The summed E-state index contributed by atoms with van der Waals surface area (Å²) in [6, 6.07) is 13.5. The number of ether oxygens (including phenoxy) is 1. The molecular formula is C18H18N2O3. The molecule has 1 amide bonds. The number of aryl methyl sites for hydroxylation is 1. The van der Waals surface area contributed by atoms with E-state index in [9.17, 15) is 4.79 Å². The van der Waals surface area contributed by atoms with Gasteiger partial charge in [-0.25, -0.2) is 4.98 Å². The van der Waals surface area contributed by atoms with Gasteiger partial charge in [0.25, 0.3) is 5.91 Å². The van der Waals surface area contributed by atoms with Crippen molar-refractivity contribution in [2.24, 2.45) is 0 Å². The number of para-hydroxylation sites is 1. The van der Waals surface area contributed by atoms with Crippen LogP contribution in [0.5, 0.6) is 5.75 Å². The summed E-state index contributed by atoms with van der Waals surface area (Å²) >= 11 is 0. The van der Waals surface area contributed by atoms with Crippen molar-refractivity contribution < 1.29 is 13.9 Å². The van der Waals surface area contributed by atoms with Gasteiger partial charge < -0.3 is 14.5 Å². The van der Waals surface area contributed by atoms with E-state index in [4.69, 9.17) is 9.15 Å². The zero-order valence-electron chi connectivity index (χ0n) is 12.9. The summed E-state index contributed by atoms with van der Waals surface area (Å²) < 4.78 is 10.8. The SMILES string of the molecule is Cc1ccccc1OCC(=O)NCCc1ccc2ncoc2c1. The fraction of sp³-hybridized carbons (Fsp3) is 0.222. The zero-order chi connectivity index (χ0) is 16.1. The quantitative estimate of drug-likeness (QED) is 0.760. The molecule has 0 aliphatic heterocycles. The number of amides is 1. The van der Waals surface area contributed by atoms with Crippen LogP contribution in [0.3, 0.4) is 0 Å². The van der Waals surface area contributed by atoms with Crippen LogP contribution in [0.2, 0.25) is 0 Å². The van der Waals surface area contributed by atoms with Gasteiger partial charge in [0.1, 0.15) is 11.3 Å². The monoisotopic (exact) mass is 310 g/mol. The van der Waals surface area contributed by atoms with Crippen LogP contribution in [-0.4, -0.2) is 24.0 Å². The van der Waals surface area contributed by atoms with Gasteiger partial charge in [-0.3, -0.25) is 4.79 Å². The zero-order valence-corrected chi connectivity index (χ0v) is 12.9. The molecular weight excluding hydrogens is 292 g/mol. The molecule has 118 valence electrons. The van der Waals surface area contributed by atoms with Crippen LogP contribution in [0.1, 0.15) is 11.1 Å². The summed E-state index contributed by atoms with van der Waals surface area (Å²) in [5, 5.41) is 2.85. The van der Waals surface area contributed by atoms with Gasteiger partial charge in [-0.15, -0.1) is 0 Å². The Bertz CT molecular complexity index is 811. The fourth-order valence-corrected chi connectivity index (χ4v) is 2.31. The first-order valence-electron chi connectivity index (χ1n) is 7.49. The van der Waals surface area contributed by atoms with Crippen molar-refractivity contribution in [3.8, 4) is 5.75 Å². The lowest BCUT2D eigenvalue weighted by Crippen LogP contribution is -2.30. The Kier molecular flexibility index (Phi) is 4.57. The predicted octanol–water partition coefficient (Wildman–Crippen LogP) is 2.87. The second kappa shape index (κ2) is 6.96. The molecule has 0 aliphatic rings. The molecule has 5 nitrogen and oxygen atoms in total. The third-order valence-corrected chi connectivity index (χ3v) is 3.58. The highest BCUT2D eigenvalue weighted by Crippen LogP contribution is 2.16. The summed E-state index contributed by atoms with van der Waals surface area (Å²) in [4.78, 5) is 15.9. The Morgan fingerprint density at radius 2 is 2.13 bits per heavy atom. The highest BCUT2D eigenvalue weighted by Gasteiger charge is 2.05. The van der Waals surface area contributed by atoms with Crippen molar-refractivity contribution >= 4 is 17.0 Å². The van der Waals surface area contributed by atoms with Gasteiger partial charge >= 0.3 is 0 Å². The molecule has 0 fully saturated rings. The second-order valence-corrected chi connectivity index (χ2v) is 5.31.